The number of hydrogen-bond acceptors (Lipinski definition) is 4. The maximum absolute atomic E-state index is 12.9. The van der Waals surface area contributed by atoms with Crippen LogP contribution in [0.25, 0.3) is 16.2 Å². The fraction of sp³-hybridized carbons (Fsp3) is 0.235. The number of carbonyl (C=O) groups is 2. The molecule has 6 nitrogen and oxygen atoms in total. The Morgan fingerprint density at radius 3 is 3.04 bits per heavy atom. The molecule has 1 aliphatic rings. The van der Waals surface area contributed by atoms with E-state index in [0.29, 0.717) is 36.8 Å². The molecule has 2 aromatic heterocycles. The van der Waals surface area contributed by atoms with E-state index in [1.165, 1.54) is 11.3 Å². The van der Waals surface area contributed by atoms with Crippen LogP contribution in [-0.4, -0.2) is 45.7 Å². The first kappa shape index (κ1) is 16.1. The molecule has 8 heteroatoms. The van der Waals surface area contributed by atoms with E-state index < -0.39 is 0 Å². The molecule has 0 atom stereocenters. The maximum atomic E-state index is 12.9. The first-order chi connectivity index (χ1) is 12.1. The van der Waals surface area contributed by atoms with Crippen molar-refractivity contribution < 1.29 is 9.59 Å². The Morgan fingerprint density at radius 2 is 2.20 bits per heavy atom. The molecule has 0 saturated carbocycles. The topological polar surface area (TPSA) is 66.7 Å². The second-order valence-electron chi connectivity index (χ2n) is 5.80. The van der Waals surface area contributed by atoms with Gasteiger partial charge in [0.15, 0.2) is 4.96 Å². The van der Waals surface area contributed by atoms with E-state index in [1.807, 2.05) is 40.2 Å². The molecule has 1 N–H and O–H groups in total. The minimum absolute atomic E-state index is 0.0170. The van der Waals surface area contributed by atoms with Crippen molar-refractivity contribution in [3.8, 4) is 11.3 Å². The summed E-state index contributed by atoms with van der Waals surface area (Å²) in [4.78, 5) is 31.4. The molecule has 25 heavy (non-hydrogen) atoms. The highest BCUT2D eigenvalue weighted by atomic mass is 35.5. The number of halogens is 1. The Hall–Kier alpha value is -2.38. The number of carbonyl (C=O) groups excluding carboxylic acids is 2. The lowest BCUT2D eigenvalue weighted by molar-refractivity contribution is -0.120. The number of thiazole rings is 1. The fourth-order valence-electron chi connectivity index (χ4n) is 2.86. The van der Waals surface area contributed by atoms with Crippen molar-refractivity contribution in [1.82, 2.24) is 19.6 Å². The molecule has 1 aliphatic heterocycles. The van der Waals surface area contributed by atoms with Crippen molar-refractivity contribution in [2.45, 2.75) is 6.42 Å². The van der Waals surface area contributed by atoms with Gasteiger partial charge in [-0.1, -0.05) is 23.7 Å². The Kier molecular flexibility index (Phi) is 4.19. The van der Waals surface area contributed by atoms with Gasteiger partial charge in [0, 0.05) is 48.2 Å². The summed E-state index contributed by atoms with van der Waals surface area (Å²) in [5.74, 6) is -0.102. The number of hydrogen-bond donors (Lipinski definition) is 1. The first-order valence-corrected chi connectivity index (χ1v) is 9.16. The van der Waals surface area contributed by atoms with E-state index in [0.717, 1.165) is 16.2 Å². The number of amides is 2. The van der Waals surface area contributed by atoms with Crippen LogP contribution in [0.3, 0.4) is 0 Å². The van der Waals surface area contributed by atoms with Gasteiger partial charge in [0.05, 0.1) is 5.69 Å². The average molecular weight is 375 g/mol. The van der Waals surface area contributed by atoms with Crippen LogP contribution in [0.4, 0.5) is 0 Å². The number of aromatic nitrogens is 2. The van der Waals surface area contributed by atoms with Gasteiger partial charge in [-0.25, -0.2) is 4.98 Å². The Morgan fingerprint density at radius 1 is 1.32 bits per heavy atom. The van der Waals surface area contributed by atoms with Crippen LogP contribution < -0.4 is 5.32 Å². The molecule has 1 fully saturated rings. The van der Waals surface area contributed by atoms with E-state index in [1.54, 1.807) is 4.90 Å². The van der Waals surface area contributed by atoms with Gasteiger partial charge in [-0.3, -0.25) is 14.0 Å². The highest BCUT2D eigenvalue weighted by Gasteiger charge is 2.23. The van der Waals surface area contributed by atoms with Gasteiger partial charge in [-0.2, -0.15) is 0 Å². The Labute approximate surface area is 153 Å². The Bertz CT molecular complexity index is 965. The minimum Gasteiger partial charge on any atom is -0.354 e. The van der Waals surface area contributed by atoms with Gasteiger partial charge in [-0.15, -0.1) is 11.3 Å². The molecule has 0 spiro atoms. The van der Waals surface area contributed by atoms with Crippen molar-refractivity contribution in [2.75, 3.05) is 19.6 Å². The molecule has 3 heterocycles. The third-order valence-corrected chi connectivity index (χ3v) is 5.22. The SMILES string of the molecule is O=C1CCN(C(=O)c2csc3nc(-c4cccc(Cl)c4)cn23)CCN1. The van der Waals surface area contributed by atoms with Crippen molar-refractivity contribution in [3.05, 3.63) is 46.6 Å². The van der Waals surface area contributed by atoms with Crippen molar-refractivity contribution in [1.29, 1.82) is 0 Å². The minimum atomic E-state index is -0.0854. The van der Waals surface area contributed by atoms with Gasteiger partial charge in [0.25, 0.3) is 5.91 Å². The number of benzene rings is 1. The van der Waals surface area contributed by atoms with E-state index in [2.05, 4.69) is 10.3 Å². The molecule has 4 rings (SSSR count). The molecular weight excluding hydrogens is 360 g/mol. The lowest BCUT2D eigenvalue weighted by Crippen LogP contribution is -2.34. The van der Waals surface area contributed by atoms with Crippen molar-refractivity contribution >= 4 is 39.7 Å². The van der Waals surface area contributed by atoms with Gasteiger partial charge < -0.3 is 10.2 Å². The summed E-state index contributed by atoms with van der Waals surface area (Å²) in [5.41, 5.74) is 2.25. The zero-order valence-electron chi connectivity index (χ0n) is 13.2. The molecule has 128 valence electrons. The van der Waals surface area contributed by atoms with Crippen LogP contribution >= 0.6 is 22.9 Å². The number of nitrogens with one attached hydrogen (secondary N) is 1. The van der Waals surface area contributed by atoms with Crippen molar-refractivity contribution in [2.24, 2.45) is 0 Å². The van der Waals surface area contributed by atoms with Crippen LogP contribution in [0.5, 0.6) is 0 Å². The second-order valence-corrected chi connectivity index (χ2v) is 7.08. The second kappa shape index (κ2) is 6.50. The summed E-state index contributed by atoms with van der Waals surface area (Å²) < 4.78 is 1.81. The predicted octanol–water partition coefficient (Wildman–Crippen LogP) is 2.68. The third kappa shape index (κ3) is 3.12. The summed E-state index contributed by atoms with van der Waals surface area (Å²) >= 11 is 7.47. The zero-order valence-corrected chi connectivity index (χ0v) is 14.8. The van der Waals surface area contributed by atoms with Gasteiger partial charge >= 0.3 is 0 Å². The average Bonchev–Trinajstić information content (AvgIpc) is 3.10. The molecule has 1 saturated heterocycles. The number of imidazole rings is 1. The fourth-order valence-corrected chi connectivity index (χ4v) is 3.89. The highest BCUT2D eigenvalue weighted by molar-refractivity contribution is 7.15. The summed E-state index contributed by atoms with van der Waals surface area (Å²) in [6.07, 6.45) is 2.18. The van der Waals surface area contributed by atoms with Gasteiger partial charge in [-0.05, 0) is 12.1 Å². The molecule has 0 bridgehead atoms. The molecular formula is C17H15ClN4O2S. The third-order valence-electron chi connectivity index (χ3n) is 4.15. The van der Waals surface area contributed by atoms with E-state index in [-0.39, 0.29) is 11.8 Å². The smallest absolute Gasteiger partial charge is 0.271 e. The maximum Gasteiger partial charge on any atom is 0.271 e. The van der Waals surface area contributed by atoms with Crippen LogP contribution in [0.2, 0.25) is 5.02 Å². The zero-order chi connectivity index (χ0) is 17.4. The number of nitrogens with zero attached hydrogens (tertiary/aromatic N) is 3. The Balaban J connectivity index is 1.66. The molecule has 0 aliphatic carbocycles. The number of fused-ring (bicyclic) bond motifs is 1. The summed E-state index contributed by atoms with van der Waals surface area (Å²) in [6, 6.07) is 7.47. The van der Waals surface area contributed by atoms with Gasteiger partial charge in [0.1, 0.15) is 5.69 Å². The summed E-state index contributed by atoms with van der Waals surface area (Å²) in [7, 11) is 0. The molecule has 2 amide bonds. The molecule has 0 radical (unpaired) electrons. The van der Waals surface area contributed by atoms with Crippen LogP contribution in [0, 0.1) is 0 Å². The number of rotatable bonds is 2. The van der Waals surface area contributed by atoms with E-state index >= 15 is 0 Å². The quantitative estimate of drug-likeness (QED) is 0.750. The summed E-state index contributed by atoms with van der Waals surface area (Å²) in [6.45, 7) is 1.42. The predicted molar refractivity (Wildman–Crippen MR) is 97.0 cm³/mol. The summed E-state index contributed by atoms with van der Waals surface area (Å²) in [5, 5.41) is 5.24. The monoisotopic (exact) mass is 374 g/mol. The standard InChI is InChI=1S/C17H15ClN4O2S/c18-12-3-1-2-11(8-12)13-9-22-14(10-25-17(22)20-13)16(24)21-6-4-15(23)19-5-7-21/h1-3,8-10H,4-7H2,(H,19,23). The lowest BCUT2D eigenvalue weighted by atomic mass is 10.2. The van der Waals surface area contributed by atoms with Crippen LogP contribution in [-0.2, 0) is 4.79 Å². The van der Waals surface area contributed by atoms with E-state index in [9.17, 15) is 9.59 Å². The van der Waals surface area contributed by atoms with Gasteiger partial charge in [0.2, 0.25) is 5.91 Å². The largest absolute Gasteiger partial charge is 0.354 e. The normalized spacial score (nSPS) is 15.2. The van der Waals surface area contributed by atoms with E-state index in [4.69, 9.17) is 11.6 Å². The lowest BCUT2D eigenvalue weighted by Gasteiger charge is -2.18. The molecule has 0 unspecified atom stereocenters. The first-order valence-electron chi connectivity index (χ1n) is 7.90. The van der Waals surface area contributed by atoms with Crippen LogP contribution in [0.1, 0.15) is 16.9 Å². The van der Waals surface area contributed by atoms with Crippen molar-refractivity contribution in [3.63, 3.8) is 0 Å². The highest BCUT2D eigenvalue weighted by Crippen LogP contribution is 2.26. The molecule has 3 aromatic rings. The molecule has 1 aromatic carbocycles. The van der Waals surface area contributed by atoms with Crippen LogP contribution in [0.15, 0.2) is 35.8 Å².